The summed E-state index contributed by atoms with van der Waals surface area (Å²) in [5.41, 5.74) is 0.199. The number of aliphatic hydroxyl groups excluding tert-OH is 1. The number of pyridine rings is 1. The van der Waals surface area contributed by atoms with Crippen LogP contribution in [0.15, 0.2) is 18.3 Å². The van der Waals surface area contributed by atoms with Gasteiger partial charge < -0.3 is 5.11 Å². The largest absolute Gasteiger partial charge is 0.396 e. The lowest BCUT2D eigenvalue weighted by Gasteiger charge is -2.15. The number of aryl methyl sites for hydroxylation is 1. The van der Waals surface area contributed by atoms with E-state index >= 15 is 0 Å². The highest BCUT2D eigenvalue weighted by Crippen LogP contribution is 2.31. The number of nitrogens with zero attached hydrogens (tertiary/aromatic N) is 1. The Bertz CT molecular complexity index is 289. The van der Waals surface area contributed by atoms with E-state index in [1.807, 2.05) is 0 Å². The normalized spacial score (nSPS) is 11.7. The van der Waals surface area contributed by atoms with E-state index in [1.54, 1.807) is 19.1 Å². The summed E-state index contributed by atoms with van der Waals surface area (Å²) in [6.45, 7) is 1.04. The number of hydrogen-bond donors (Lipinski definition) is 1. The van der Waals surface area contributed by atoms with Crippen LogP contribution in [0.5, 0.6) is 0 Å². The maximum absolute atomic E-state index is 13.2. The summed E-state index contributed by atoms with van der Waals surface area (Å²) in [7, 11) is 0. The predicted molar refractivity (Wildman–Crippen MR) is 44.6 cm³/mol. The Morgan fingerprint density at radius 2 is 2.23 bits per heavy atom. The molecule has 0 aliphatic carbocycles. The summed E-state index contributed by atoms with van der Waals surface area (Å²) in [5, 5.41) is 8.45. The average Bonchev–Trinajstić information content (AvgIpc) is 2.04. The van der Waals surface area contributed by atoms with Crippen molar-refractivity contribution in [3.8, 4) is 0 Å². The third kappa shape index (κ3) is 2.21. The van der Waals surface area contributed by atoms with E-state index in [0.717, 1.165) is 0 Å². The summed E-state index contributed by atoms with van der Waals surface area (Å²) >= 11 is 0. The van der Waals surface area contributed by atoms with Crippen LogP contribution >= 0.6 is 0 Å². The van der Waals surface area contributed by atoms with Gasteiger partial charge in [0.15, 0.2) is 0 Å². The fraction of sp³-hybridized carbons (Fsp3) is 0.444. The highest BCUT2D eigenvalue weighted by molar-refractivity contribution is 5.21. The molecule has 0 radical (unpaired) electrons. The number of aliphatic hydroxyl groups is 1. The third-order valence-electron chi connectivity index (χ3n) is 1.78. The van der Waals surface area contributed by atoms with Gasteiger partial charge in [0, 0.05) is 19.2 Å². The van der Waals surface area contributed by atoms with Gasteiger partial charge >= 0.3 is 0 Å². The van der Waals surface area contributed by atoms with E-state index in [9.17, 15) is 8.78 Å². The quantitative estimate of drug-likeness (QED) is 0.783. The molecule has 1 N–H and O–H groups in total. The SMILES string of the molecule is Cc1cccnc1C(F)(F)CCO. The van der Waals surface area contributed by atoms with Gasteiger partial charge in [-0.1, -0.05) is 6.07 Å². The molecule has 1 rings (SSSR count). The molecule has 0 aromatic carbocycles. The summed E-state index contributed by atoms with van der Waals surface area (Å²) in [5.74, 6) is -3.03. The maximum atomic E-state index is 13.2. The Balaban J connectivity index is 2.99. The first-order valence-corrected chi connectivity index (χ1v) is 3.98. The zero-order valence-corrected chi connectivity index (χ0v) is 7.30. The highest BCUT2D eigenvalue weighted by Gasteiger charge is 2.33. The lowest BCUT2D eigenvalue weighted by Crippen LogP contribution is -2.18. The Morgan fingerprint density at radius 3 is 2.77 bits per heavy atom. The molecule has 0 saturated carbocycles. The van der Waals surface area contributed by atoms with Gasteiger partial charge in [0.1, 0.15) is 5.69 Å². The van der Waals surface area contributed by atoms with Crippen molar-refractivity contribution in [3.05, 3.63) is 29.6 Å². The second-order valence-electron chi connectivity index (χ2n) is 2.85. The molecule has 0 atom stereocenters. The summed E-state index contributed by atoms with van der Waals surface area (Å²) < 4.78 is 26.4. The molecule has 0 aliphatic rings. The van der Waals surface area contributed by atoms with Crippen molar-refractivity contribution in [3.63, 3.8) is 0 Å². The zero-order valence-electron chi connectivity index (χ0n) is 7.30. The van der Waals surface area contributed by atoms with Crippen LogP contribution in [0, 0.1) is 6.92 Å². The number of halogens is 2. The van der Waals surface area contributed by atoms with E-state index in [-0.39, 0.29) is 5.69 Å². The number of aromatic nitrogens is 1. The molecule has 13 heavy (non-hydrogen) atoms. The van der Waals surface area contributed by atoms with E-state index in [1.165, 1.54) is 6.20 Å². The number of hydrogen-bond acceptors (Lipinski definition) is 2. The minimum atomic E-state index is -3.03. The third-order valence-corrected chi connectivity index (χ3v) is 1.78. The van der Waals surface area contributed by atoms with Crippen LogP contribution < -0.4 is 0 Å². The monoisotopic (exact) mass is 187 g/mol. The van der Waals surface area contributed by atoms with Crippen LogP contribution in [0.4, 0.5) is 8.78 Å². The molecule has 72 valence electrons. The zero-order chi connectivity index (χ0) is 9.90. The van der Waals surface area contributed by atoms with E-state index in [2.05, 4.69) is 4.98 Å². The molecule has 0 saturated heterocycles. The van der Waals surface area contributed by atoms with Gasteiger partial charge in [-0.15, -0.1) is 0 Å². The fourth-order valence-electron chi connectivity index (χ4n) is 1.13. The van der Waals surface area contributed by atoms with Crippen molar-refractivity contribution in [2.75, 3.05) is 6.61 Å². The van der Waals surface area contributed by atoms with Gasteiger partial charge in [-0.3, -0.25) is 4.98 Å². The van der Waals surface area contributed by atoms with Crippen LogP contribution in [0.2, 0.25) is 0 Å². The van der Waals surface area contributed by atoms with Crippen LogP contribution in [0.3, 0.4) is 0 Å². The Morgan fingerprint density at radius 1 is 1.54 bits per heavy atom. The molecule has 1 heterocycles. The topological polar surface area (TPSA) is 33.1 Å². The van der Waals surface area contributed by atoms with Crippen LogP contribution in [-0.4, -0.2) is 16.7 Å². The lowest BCUT2D eigenvalue weighted by molar-refractivity contribution is -0.0316. The summed E-state index contributed by atoms with van der Waals surface area (Å²) in [4.78, 5) is 3.61. The highest BCUT2D eigenvalue weighted by atomic mass is 19.3. The second kappa shape index (κ2) is 3.79. The molecule has 0 aliphatic heterocycles. The van der Waals surface area contributed by atoms with Crippen molar-refractivity contribution in [2.24, 2.45) is 0 Å². The van der Waals surface area contributed by atoms with Crippen LogP contribution in [0.1, 0.15) is 17.7 Å². The first-order valence-electron chi connectivity index (χ1n) is 3.98. The van der Waals surface area contributed by atoms with Crippen LogP contribution in [-0.2, 0) is 5.92 Å². The van der Waals surface area contributed by atoms with E-state index in [0.29, 0.717) is 5.56 Å². The lowest BCUT2D eigenvalue weighted by atomic mass is 10.1. The smallest absolute Gasteiger partial charge is 0.292 e. The first kappa shape index (κ1) is 10.1. The molecule has 0 bridgehead atoms. The van der Waals surface area contributed by atoms with Crippen molar-refractivity contribution in [2.45, 2.75) is 19.3 Å². The minimum absolute atomic E-state index is 0.246. The molecule has 0 unspecified atom stereocenters. The minimum Gasteiger partial charge on any atom is -0.396 e. The van der Waals surface area contributed by atoms with Gasteiger partial charge in [0.05, 0.1) is 0 Å². The standard InChI is InChI=1S/C9H11F2NO/c1-7-3-2-5-12-8(7)9(10,11)4-6-13/h2-3,5,13H,4,6H2,1H3. The first-order chi connectivity index (χ1) is 6.08. The molecule has 2 nitrogen and oxygen atoms in total. The molecular formula is C9H11F2NO. The van der Waals surface area contributed by atoms with E-state index in [4.69, 9.17) is 5.11 Å². The van der Waals surface area contributed by atoms with Gasteiger partial charge in [-0.2, -0.15) is 8.78 Å². The molecule has 0 spiro atoms. The van der Waals surface area contributed by atoms with Gasteiger partial charge in [0.2, 0.25) is 0 Å². The molecule has 0 fully saturated rings. The maximum Gasteiger partial charge on any atom is 0.292 e. The van der Waals surface area contributed by atoms with Gasteiger partial charge in [-0.05, 0) is 18.6 Å². The van der Waals surface area contributed by atoms with Crippen molar-refractivity contribution >= 4 is 0 Å². The molecular weight excluding hydrogens is 176 g/mol. The van der Waals surface area contributed by atoms with Crippen LogP contribution in [0.25, 0.3) is 0 Å². The van der Waals surface area contributed by atoms with Gasteiger partial charge in [0.25, 0.3) is 5.92 Å². The summed E-state index contributed by atoms with van der Waals surface area (Å²) in [6, 6.07) is 3.18. The van der Waals surface area contributed by atoms with Crippen molar-refractivity contribution in [1.29, 1.82) is 0 Å². The molecule has 4 heteroatoms. The predicted octanol–water partition coefficient (Wildman–Crippen LogP) is 1.86. The fourth-order valence-corrected chi connectivity index (χ4v) is 1.13. The Kier molecular flexibility index (Phi) is 2.93. The van der Waals surface area contributed by atoms with Gasteiger partial charge in [-0.25, -0.2) is 0 Å². The number of alkyl halides is 2. The van der Waals surface area contributed by atoms with Crippen molar-refractivity contribution < 1.29 is 13.9 Å². The average molecular weight is 187 g/mol. The van der Waals surface area contributed by atoms with Crippen molar-refractivity contribution in [1.82, 2.24) is 4.98 Å². The number of rotatable bonds is 3. The molecule has 1 aromatic heterocycles. The molecule has 1 aromatic rings. The molecule has 0 amide bonds. The second-order valence-corrected chi connectivity index (χ2v) is 2.85. The summed E-state index contributed by atoms with van der Waals surface area (Å²) in [6.07, 6.45) is 0.748. The Hall–Kier alpha value is -1.03. The van der Waals surface area contributed by atoms with E-state index < -0.39 is 19.0 Å². The Labute approximate surface area is 75.2 Å².